The van der Waals surface area contributed by atoms with E-state index in [-0.39, 0.29) is 5.91 Å². The fraction of sp³-hybridized carbons (Fsp3) is 0.550. The number of nitrogens with zero attached hydrogens (tertiary/aromatic N) is 1. The number of carbonyl (C=O) groups is 1. The molecule has 0 aromatic heterocycles. The van der Waals surface area contributed by atoms with Crippen LogP contribution in [-0.2, 0) is 4.79 Å². The van der Waals surface area contributed by atoms with Gasteiger partial charge in [0.15, 0.2) is 0 Å². The number of rotatable bonds is 7. The minimum Gasteiger partial charge on any atom is -0.339 e. The van der Waals surface area contributed by atoms with Crippen LogP contribution in [0.15, 0.2) is 30.3 Å². The zero-order valence-electron chi connectivity index (χ0n) is 14.8. The summed E-state index contributed by atoms with van der Waals surface area (Å²) in [6.07, 6.45) is 6.44. The van der Waals surface area contributed by atoms with Gasteiger partial charge in [-0.05, 0) is 44.7 Å². The highest BCUT2D eigenvalue weighted by Crippen LogP contribution is 2.21. The summed E-state index contributed by atoms with van der Waals surface area (Å²) in [5, 5.41) is 3.48. The first kappa shape index (κ1) is 17.7. The van der Waals surface area contributed by atoms with E-state index in [9.17, 15) is 4.79 Å². The zero-order valence-corrected chi connectivity index (χ0v) is 14.8. The summed E-state index contributed by atoms with van der Waals surface area (Å²) in [5.74, 6) is 0.172. The minimum atomic E-state index is 0.172. The van der Waals surface area contributed by atoms with Crippen molar-refractivity contribution in [1.82, 2.24) is 10.2 Å². The SMILES string of the molecule is CCCN(CCC)C(=O)/C(=C\C1CCCN1)c1ccc(C)cc1. The van der Waals surface area contributed by atoms with E-state index in [1.165, 1.54) is 12.0 Å². The van der Waals surface area contributed by atoms with Crippen molar-refractivity contribution in [2.24, 2.45) is 0 Å². The van der Waals surface area contributed by atoms with E-state index in [2.05, 4.69) is 56.4 Å². The molecule has 1 aliphatic rings. The van der Waals surface area contributed by atoms with Crippen molar-refractivity contribution in [3.8, 4) is 0 Å². The molecule has 2 rings (SSSR count). The Morgan fingerprint density at radius 2 is 1.87 bits per heavy atom. The van der Waals surface area contributed by atoms with Gasteiger partial charge in [0, 0.05) is 24.7 Å². The maximum Gasteiger partial charge on any atom is 0.254 e. The Bertz CT molecular complexity index is 521. The van der Waals surface area contributed by atoms with Gasteiger partial charge in [0.2, 0.25) is 0 Å². The van der Waals surface area contributed by atoms with E-state index in [0.717, 1.165) is 50.0 Å². The van der Waals surface area contributed by atoms with Crippen molar-refractivity contribution in [1.29, 1.82) is 0 Å². The smallest absolute Gasteiger partial charge is 0.254 e. The molecular formula is C20H30N2O. The van der Waals surface area contributed by atoms with Crippen LogP contribution in [-0.4, -0.2) is 36.5 Å². The normalized spacial score (nSPS) is 18.2. The van der Waals surface area contributed by atoms with Gasteiger partial charge in [-0.25, -0.2) is 0 Å². The molecule has 1 unspecified atom stereocenters. The first-order valence-electron chi connectivity index (χ1n) is 8.97. The first-order chi connectivity index (χ1) is 11.2. The first-order valence-corrected chi connectivity index (χ1v) is 8.97. The fourth-order valence-electron chi connectivity index (χ4n) is 3.10. The van der Waals surface area contributed by atoms with Crippen LogP contribution in [0, 0.1) is 6.92 Å². The van der Waals surface area contributed by atoms with Crippen LogP contribution < -0.4 is 5.32 Å². The number of hydrogen-bond donors (Lipinski definition) is 1. The number of carbonyl (C=O) groups excluding carboxylic acids is 1. The van der Waals surface area contributed by atoms with Crippen molar-refractivity contribution in [3.63, 3.8) is 0 Å². The van der Waals surface area contributed by atoms with Crippen LogP contribution in [0.25, 0.3) is 5.57 Å². The molecule has 3 nitrogen and oxygen atoms in total. The van der Waals surface area contributed by atoms with E-state index >= 15 is 0 Å². The van der Waals surface area contributed by atoms with Crippen molar-refractivity contribution in [3.05, 3.63) is 41.5 Å². The lowest BCUT2D eigenvalue weighted by Gasteiger charge is -2.24. The second-order valence-electron chi connectivity index (χ2n) is 6.44. The Labute approximate surface area is 140 Å². The standard InChI is InChI=1S/C20H30N2O/c1-4-13-22(14-5-2)20(23)19(15-18-7-6-12-21-18)17-10-8-16(3)9-11-17/h8-11,15,18,21H,4-7,12-14H2,1-3H3/b19-15-. The van der Waals surface area contributed by atoms with Crippen molar-refractivity contribution in [2.45, 2.75) is 52.5 Å². The van der Waals surface area contributed by atoms with Crippen molar-refractivity contribution < 1.29 is 4.79 Å². The van der Waals surface area contributed by atoms with Crippen LogP contribution in [0.2, 0.25) is 0 Å². The Balaban J connectivity index is 2.31. The predicted molar refractivity (Wildman–Crippen MR) is 97.3 cm³/mol. The third-order valence-electron chi connectivity index (χ3n) is 4.33. The van der Waals surface area contributed by atoms with Gasteiger partial charge in [-0.1, -0.05) is 49.8 Å². The van der Waals surface area contributed by atoms with E-state index in [4.69, 9.17) is 0 Å². The Kier molecular flexibility index (Phi) is 6.85. The molecule has 1 N–H and O–H groups in total. The average molecular weight is 314 g/mol. The maximum absolute atomic E-state index is 13.1. The fourth-order valence-corrected chi connectivity index (χ4v) is 3.10. The average Bonchev–Trinajstić information content (AvgIpc) is 3.06. The molecule has 1 aromatic carbocycles. The highest BCUT2D eigenvalue weighted by molar-refractivity contribution is 6.19. The van der Waals surface area contributed by atoms with Gasteiger partial charge in [-0.15, -0.1) is 0 Å². The highest BCUT2D eigenvalue weighted by atomic mass is 16.2. The van der Waals surface area contributed by atoms with Crippen LogP contribution >= 0.6 is 0 Å². The second-order valence-corrected chi connectivity index (χ2v) is 6.44. The van der Waals surface area contributed by atoms with E-state index in [1.807, 2.05) is 4.90 Å². The predicted octanol–water partition coefficient (Wildman–Crippen LogP) is 3.78. The number of aryl methyl sites for hydroxylation is 1. The van der Waals surface area contributed by atoms with Gasteiger partial charge in [-0.3, -0.25) is 4.79 Å². The topological polar surface area (TPSA) is 32.3 Å². The van der Waals surface area contributed by atoms with Crippen molar-refractivity contribution in [2.75, 3.05) is 19.6 Å². The summed E-state index contributed by atoms with van der Waals surface area (Å²) in [5.41, 5.74) is 3.11. The molecule has 126 valence electrons. The molecule has 1 amide bonds. The van der Waals surface area contributed by atoms with Crippen LogP contribution in [0.4, 0.5) is 0 Å². The van der Waals surface area contributed by atoms with E-state index in [0.29, 0.717) is 6.04 Å². The van der Waals surface area contributed by atoms with Crippen LogP contribution in [0.3, 0.4) is 0 Å². The molecule has 0 spiro atoms. The van der Waals surface area contributed by atoms with Gasteiger partial charge < -0.3 is 10.2 Å². The van der Waals surface area contributed by atoms with Gasteiger partial charge in [0.05, 0.1) is 0 Å². The van der Waals surface area contributed by atoms with Crippen molar-refractivity contribution >= 4 is 11.5 Å². The largest absolute Gasteiger partial charge is 0.339 e. The number of nitrogens with one attached hydrogen (secondary N) is 1. The quantitative estimate of drug-likeness (QED) is 0.777. The monoisotopic (exact) mass is 314 g/mol. The third-order valence-corrected chi connectivity index (χ3v) is 4.33. The van der Waals surface area contributed by atoms with Gasteiger partial charge in [-0.2, -0.15) is 0 Å². The molecule has 0 aliphatic carbocycles. The Morgan fingerprint density at radius 1 is 1.22 bits per heavy atom. The summed E-state index contributed by atoms with van der Waals surface area (Å²) in [4.78, 5) is 15.1. The lowest BCUT2D eigenvalue weighted by atomic mass is 9.99. The molecular weight excluding hydrogens is 284 g/mol. The molecule has 0 radical (unpaired) electrons. The summed E-state index contributed by atoms with van der Waals surface area (Å²) >= 11 is 0. The molecule has 3 heteroatoms. The highest BCUT2D eigenvalue weighted by Gasteiger charge is 2.21. The van der Waals surface area contributed by atoms with Gasteiger partial charge in [0.25, 0.3) is 5.91 Å². The lowest BCUT2D eigenvalue weighted by molar-refractivity contribution is -0.125. The van der Waals surface area contributed by atoms with E-state index in [1.54, 1.807) is 0 Å². The Morgan fingerprint density at radius 3 is 2.39 bits per heavy atom. The minimum absolute atomic E-state index is 0.172. The summed E-state index contributed by atoms with van der Waals surface area (Å²) in [6.45, 7) is 9.04. The summed E-state index contributed by atoms with van der Waals surface area (Å²) in [7, 11) is 0. The molecule has 0 saturated carbocycles. The molecule has 1 aliphatic heterocycles. The lowest BCUT2D eigenvalue weighted by Crippen LogP contribution is -2.34. The second kappa shape index (κ2) is 8.88. The molecule has 1 heterocycles. The number of benzene rings is 1. The molecule has 1 saturated heterocycles. The van der Waals surface area contributed by atoms with Crippen LogP contribution in [0.1, 0.15) is 50.7 Å². The third kappa shape index (κ3) is 4.93. The van der Waals surface area contributed by atoms with Gasteiger partial charge in [0.1, 0.15) is 0 Å². The number of amides is 1. The van der Waals surface area contributed by atoms with Crippen LogP contribution in [0.5, 0.6) is 0 Å². The molecule has 1 aromatic rings. The maximum atomic E-state index is 13.1. The van der Waals surface area contributed by atoms with E-state index < -0.39 is 0 Å². The molecule has 1 atom stereocenters. The Hall–Kier alpha value is -1.61. The zero-order chi connectivity index (χ0) is 16.7. The van der Waals surface area contributed by atoms with Gasteiger partial charge >= 0.3 is 0 Å². The molecule has 1 fully saturated rings. The summed E-state index contributed by atoms with van der Waals surface area (Å²) < 4.78 is 0. The summed E-state index contributed by atoms with van der Waals surface area (Å²) in [6, 6.07) is 8.64. The molecule has 23 heavy (non-hydrogen) atoms. The molecule has 0 bridgehead atoms. The number of hydrogen-bond acceptors (Lipinski definition) is 2.